The van der Waals surface area contributed by atoms with Gasteiger partial charge in [-0.15, -0.1) is 0 Å². The Hall–Kier alpha value is -7.95. The molecule has 4 nitrogen and oxygen atoms in total. The molecule has 1 aliphatic rings. The number of nitrogens with zero attached hydrogens (tertiary/aromatic N) is 4. The van der Waals surface area contributed by atoms with Crippen LogP contribution in [0.3, 0.4) is 0 Å². The molecule has 11 aromatic rings. The maximum Gasteiger partial charge on any atom is 0.238 e. The van der Waals surface area contributed by atoms with Gasteiger partial charge in [0.15, 0.2) is 11.6 Å². The Morgan fingerprint density at radius 2 is 0.839 bits per heavy atom. The molecule has 0 radical (unpaired) electrons. The Bertz CT molecular complexity index is 3470. The largest absolute Gasteiger partial charge is 0.278 e. The highest BCUT2D eigenvalue weighted by molar-refractivity contribution is 6.09. The predicted octanol–water partition coefficient (Wildman–Crippen LogP) is 14.8. The van der Waals surface area contributed by atoms with Crippen molar-refractivity contribution in [1.29, 1.82) is 0 Å². The van der Waals surface area contributed by atoms with E-state index in [4.69, 9.17) is 15.0 Å². The van der Waals surface area contributed by atoms with Crippen molar-refractivity contribution in [3.8, 4) is 73.2 Å². The zero-order valence-electron chi connectivity index (χ0n) is 34.4. The normalized spacial score (nSPS) is 12.8. The van der Waals surface area contributed by atoms with E-state index in [2.05, 4.69) is 219 Å². The van der Waals surface area contributed by atoms with Crippen LogP contribution in [-0.4, -0.2) is 19.5 Å². The number of fused-ring (bicyclic) bond motifs is 7. The summed E-state index contributed by atoms with van der Waals surface area (Å²) in [4.78, 5) is 15.6. The van der Waals surface area contributed by atoms with Crippen LogP contribution >= 0.6 is 0 Å². The van der Waals surface area contributed by atoms with Gasteiger partial charge in [-0.3, -0.25) is 4.57 Å². The summed E-state index contributed by atoms with van der Waals surface area (Å²) < 4.78 is 2.17. The Morgan fingerprint density at radius 3 is 1.50 bits per heavy atom. The molecule has 0 aliphatic heterocycles. The number of benzene rings is 9. The predicted molar refractivity (Wildman–Crippen MR) is 256 cm³/mol. The fourth-order valence-electron chi connectivity index (χ4n) is 9.81. The first-order valence-corrected chi connectivity index (χ1v) is 21.3. The third-order valence-electron chi connectivity index (χ3n) is 12.9. The van der Waals surface area contributed by atoms with Gasteiger partial charge in [0, 0.05) is 27.3 Å². The minimum Gasteiger partial charge on any atom is -0.278 e. The highest BCUT2D eigenvalue weighted by Crippen LogP contribution is 2.50. The van der Waals surface area contributed by atoms with Crippen molar-refractivity contribution < 1.29 is 0 Å². The topological polar surface area (TPSA) is 43.6 Å². The third kappa shape index (κ3) is 5.72. The Balaban J connectivity index is 0.982. The van der Waals surface area contributed by atoms with Gasteiger partial charge in [-0.25, -0.2) is 4.98 Å². The molecule has 0 fully saturated rings. The molecule has 0 bridgehead atoms. The lowest BCUT2D eigenvalue weighted by Crippen LogP contribution is -2.14. The molecule has 1 aliphatic carbocycles. The number of rotatable bonds is 6. The monoisotopic (exact) mass is 792 g/mol. The average molecular weight is 793 g/mol. The lowest BCUT2D eigenvalue weighted by Gasteiger charge is -2.21. The van der Waals surface area contributed by atoms with Crippen molar-refractivity contribution in [2.24, 2.45) is 0 Å². The van der Waals surface area contributed by atoms with Crippen LogP contribution in [0, 0.1) is 0 Å². The zero-order chi connectivity index (χ0) is 41.4. The minimum absolute atomic E-state index is 0.0351. The lowest BCUT2D eigenvalue weighted by molar-refractivity contribution is 0.660. The maximum absolute atomic E-state index is 5.24. The third-order valence-corrected chi connectivity index (χ3v) is 12.9. The van der Waals surface area contributed by atoms with Crippen molar-refractivity contribution in [2.45, 2.75) is 19.3 Å². The van der Waals surface area contributed by atoms with Gasteiger partial charge in [-0.1, -0.05) is 202 Å². The first-order valence-electron chi connectivity index (χ1n) is 21.3. The molecule has 0 saturated carbocycles. The Labute approximate surface area is 360 Å². The second-order valence-electron chi connectivity index (χ2n) is 16.8. The van der Waals surface area contributed by atoms with Crippen LogP contribution in [0.25, 0.3) is 106 Å². The molecule has 0 unspecified atom stereocenters. The van der Waals surface area contributed by atoms with Crippen LogP contribution in [0.15, 0.2) is 206 Å². The molecule has 0 spiro atoms. The van der Waals surface area contributed by atoms with E-state index < -0.39 is 0 Å². The molecule has 292 valence electrons. The van der Waals surface area contributed by atoms with E-state index in [1.807, 2.05) is 6.07 Å². The van der Waals surface area contributed by atoms with Crippen LogP contribution in [0.5, 0.6) is 0 Å². The van der Waals surface area contributed by atoms with Crippen LogP contribution < -0.4 is 0 Å². The highest BCUT2D eigenvalue weighted by Gasteiger charge is 2.35. The molecule has 0 saturated heterocycles. The Morgan fingerprint density at radius 1 is 0.355 bits per heavy atom. The summed E-state index contributed by atoms with van der Waals surface area (Å²) in [5.74, 6) is 1.82. The van der Waals surface area contributed by atoms with Gasteiger partial charge >= 0.3 is 0 Å². The second kappa shape index (κ2) is 14.1. The van der Waals surface area contributed by atoms with E-state index in [-0.39, 0.29) is 5.41 Å². The molecule has 0 amide bonds. The smallest absolute Gasteiger partial charge is 0.238 e. The van der Waals surface area contributed by atoms with Gasteiger partial charge in [-0.2, -0.15) is 9.97 Å². The fourth-order valence-corrected chi connectivity index (χ4v) is 9.81. The summed E-state index contributed by atoms with van der Waals surface area (Å²) in [7, 11) is 0. The van der Waals surface area contributed by atoms with Crippen molar-refractivity contribution in [3.63, 3.8) is 0 Å². The summed E-state index contributed by atoms with van der Waals surface area (Å²) in [6.07, 6.45) is 0. The quantitative estimate of drug-likeness (QED) is 0.168. The van der Waals surface area contributed by atoms with Gasteiger partial charge in [-0.05, 0) is 84.6 Å². The second-order valence-corrected chi connectivity index (χ2v) is 16.8. The van der Waals surface area contributed by atoms with E-state index >= 15 is 0 Å². The standard InChI is InChI=1S/C58H40N4/c1-58(2)50-23-9-6-18-46(50)49-36-43(34-35-51(49)58)45-22-13-17-40-16-12-21-44(54(40)45)39-28-32-42(33-29-39)56-59-55(41-30-26-38(27-31-41)37-14-4-3-5-15-37)60-57(61-56)62-52-24-10-7-19-47(52)48-20-8-11-25-53(48)62/h3-36H,1-2H3. The molecule has 2 heterocycles. The van der Waals surface area contributed by atoms with E-state index in [9.17, 15) is 0 Å². The van der Waals surface area contributed by atoms with Gasteiger partial charge in [0.25, 0.3) is 0 Å². The first-order chi connectivity index (χ1) is 30.5. The molecule has 62 heavy (non-hydrogen) atoms. The number of hydrogen-bond donors (Lipinski definition) is 0. The molecule has 0 N–H and O–H groups in total. The van der Waals surface area contributed by atoms with Crippen LogP contribution in [0.1, 0.15) is 25.0 Å². The summed E-state index contributed by atoms with van der Waals surface area (Å²) in [6, 6.07) is 73.8. The fraction of sp³-hybridized carbons (Fsp3) is 0.0517. The van der Waals surface area contributed by atoms with Crippen molar-refractivity contribution in [1.82, 2.24) is 19.5 Å². The van der Waals surface area contributed by atoms with E-state index in [0.717, 1.165) is 44.1 Å². The Kier molecular flexibility index (Phi) is 8.16. The maximum atomic E-state index is 5.24. The number of para-hydroxylation sites is 2. The van der Waals surface area contributed by atoms with Crippen molar-refractivity contribution in [2.75, 3.05) is 0 Å². The van der Waals surface area contributed by atoms with Crippen LogP contribution in [0.2, 0.25) is 0 Å². The van der Waals surface area contributed by atoms with Gasteiger partial charge < -0.3 is 0 Å². The number of aromatic nitrogens is 4. The van der Waals surface area contributed by atoms with Crippen LogP contribution in [0.4, 0.5) is 0 Å². The van der Waals surface area contributed by atoms with E-state index in [1.54, 1.807) is 0 Å². The van der Waals surface area contributed by atoms with Crippen LogP contribution in [-0.2, 0) is 5.41 Å². The molecular weight excluding hydrogens is 753 g/mol. The van der Waals surface area contributed by atoms with Gasteiger partial charge in [0.05, 0.1) is 11.0 Å². The lowest BCUT2D eigenvalue weighted by atomic mass is 9.82. The SMILES string of the molecule is CC1(C)c2ccccc2-c2cc(-c3cccc4cccc(-c5ccc(-c6nc(-c7ccc(-c8ccccc8)cc7)nc(-n7c8ccccc8c8ccccc87)n6)cc5)c34)ccc21. The molecule has 9 aromatic carbocycles. The molecule has 4 heteroatoms. The summed E-state index contributed by atoms with van der Waals surface area (Å²) in [6.45, 7) is 4.67. The van der Waals surface area contributed by atoms with Gasteiger partial charge in [0.2, 0.25) is 5.95 Å². The molecule has 0 atom stereocenters. The highest BCUT2D eigenvalue weighted by atomic mass is 15.2. The number of hydrogen-bond acceptors (Lipinski definition) is 3. The van der Waals surface area contributed by atoms with Crippen molar-refractivity contribution in [3.05, 3.63) is 217 Å². The van der Waals surface area contributed by atoms with E-state index in [1.165, 1.54) is 55.3 Å². The summed E-state index contributed by atoms with van der Waals surface area (Å²) >= 11 is 0. The van der Waals surface area contributed by atoms with E-state index in [0.29, 0.717) is 17.6 Å². The molecule has 12 rings (SSSR count). The first kappa shape index (κ1) is 35.9. The average Bonchev–Trinajstić information content (AvgIpc) is 3.79. The van der Waals surface area contributed by atoms with Gasteiger partial charge in [0.1, 0.15) is 0 Å². The van der Waals surface area contributed by atoms with Crippen molar-refractivity contribution >= 4 is 32.6 Å². The summed E-state index contributed by atoms with van der Waals surface area (Å²) in [5, 5.41) is 4.77. The minimum atomic E-state index is -0.0351. The zero-order valence-corrected chi connectivity index (χ0v) is 34.4. The molecular formula is C58H40N4. The molecule has 2 aromatic heterocycles. The summed E-state index contributed by atoms with van der Waals surface area (Å²) in [5.41, 5.74) is 16.4.